The minimum atomic E-state index is -1.24. The van der Waals surface area contributed by atoms with E-state index < -0.39 is 11.9 Å². The second-order valence-corrected chi connectivity index (χ2v) is 5.96. The first-order chi connectivity index (χ1) is 11.1. The number of carbonyl (C=O) groups is 2. The summed E-state index contributed by atoms with van der Waals surface area (Å²) in [5.74, 6) is -2.18. The van der Waals surface area contributed by atoms with E-state index in [1.54, 1.807) is 0 Å². The van der Waals surface area contributed by atoms with Gasteiger partial charge in [0.1, 0.15) is 0 Å². The second-order valence-electron chi connectivity index (χ2n) is 5.96. The van der Waals surface area contributed by atoms with Gasteiger partial charge in [0.2, 0.25) is 5.91 Å². The Morgan fingerprint density at radius 2 is 1.46 bits per heavy atom. The van der Waals surface area contributed by atoms with Crippen LogP contribution in [0.1, 0.15) is 64.7 Å². The zero-order valence-corrected chi connectivity index (χ0v) is 17.3. The molecule has 1 unspecified atom stereocenters. The number of nitrogens with zero attached hydrogens (tertiary/aromatic N) is 1. The average Bonchev–Trinajstić information content (AvgIpc) is 2.51. The van der Waals surface area contributed by atoms with Gasteiger partial charge in [-0.1, -0.05) is 51.9 Å². The van der Waals surface area contributed by atoms with Crippen molar-refractivity contribution in [1.29, 1.82) is 0 Å². The van der Waals surface area contributed by atoms with Crippen molar-refractivity contribution in [3.8, 4) is 0 Å². The molecule has 0 aliphatic rings. The van der Waals surface area contributed by atoms with Gasteiger partial charge >= 0.3 is 29.6 Å². The summed E-state index contributed by atoms with van der Waals surface area (Å²) >= 11 is 0. The smallest absolute Gasteiger partial charge is 0.550 e. The third kappa shape index (κ3) is 13.2. The van der Waals surface area contributed by atoms with Crippen LogP contribution in [0.15, 0.2) is 0 Å². The van der Waals surface area contributed by atoms with E-state index in [-0.39, 0.29) is 68.2 Å². The van der Waals surface area contributed by atoms with Crippen LogP contribution in [0.3, 0.4) is 0 Å². The van der Waals surface area contributed by atoms with Crippen molar-refractivity contribution in [2.45, 2.75) is 64.7 Å². The fourth-order valence-electron chi connectivity index (χ4n) is 2.69. The van der Waals surface area contributed by atoms with E-state index in [4.69, 9.17) is 10.2 Å². The number of unbranched alkanes of at least 4 members (excludes halogenated alkanes) is 6. The number of carboxylic acid groups (broad SMARTS) is 1. The van der Waals surface area contributed by atoms with Crippen LogP contribution >= 0.6 is 0 Å². The number of hydrogen-bond donors (Lipinski definition) is 2. The van der Waals surface area contributed by atoms with Gasteiger partial charge in [0.25, 0.3) is 0 Å². The molecule has 24 heavy (non-hydrogen) atoms. The standard InChI is InChI=1S/C17H33NO5.Na/c1-2-3-4-5-6-7-8-9-15(14-16(21)22)17(23)18(10-12-19)11-13-20;/h15,19-20H,2-14H2,1H3,(H,21,22);/q;+1/p-1. The van der Waals surface area contributed by atoms with Crippen molar-refractivity contribution in [2.24, 2.45) is 5.92 Å². The first kappa shape index (κ1) is 26.1. The Morgan fingerprint density at radius 1 is 0.958 bits per heavy atom. The summed E-state index contributed by atoms with van der Waals surface area (Å²) in [6.07, 6.45) is 7.94. The molecular weight excluding hydrogens is 321 g/mol. The van der Waals surface area contributed by atoms with Gasteiger partial charge in [-0.25, -0.2) is 0 Å². The fraction of sp³-hybridized carbons (Fsp3) is 0.882. The molecule has 0 fully saturated rings. The minimum Gasteiger partial charge on any atom is -0.550 e. The predicted octanol–water partition coefficient (Wildman–Crippen LogP) is -2.30. The molecule has 0 saturated carbocycles. The molecule has 0 aromatic rings. The zero-order chi connectivity index (χ0) is 17.5. The van der Waals surface area contributed by atoms with Gasteiger partial charge < -0.3 is 25.0 Å². The van der Waals surface area contributed by atoms with Crippen LogP contribution in [-0.4, -0.2) is 53.3 Å². The van der Waals surface area contributed by atoms with Crippen molar-refractivity contribution in [2.75, 3.05) is 26.3 Å². The van der Waals surface area contributed by atoms with Gasteiger partial charge in [-0.2, -0.15) is 0 Å². The number of rotatable bonds is 15. The third-order valence-electron chi connectivity index (χ3n) is 3.97. The molecule has 1 atom stereocenters. The van der Waals surface area contributed by atoms with E-state index in [9.17, 15) is 14.7 Å². The number of carbonyl (C=O) groups excluding carboxylic acids is 2. The maximum Gasteiger partial charge on any atom is 1.00 e. The SMILES string of the molecule is CCCCCCCCCC(CC(=O)[O-])C(=O)N(CCO)CCO.[Na+]. The molecule has 1 amide bonds. The quantitative estimate of drug-likeness (QED) is 0.255. The average molecular weight is 353 g/mol. The van der Waals surface area contributed by atoms with E-state index in [1.807, 2.05) is 0 Å². The molecule has 0 bridgehead atoms. The minimum absolute atomic E-state index is 0. The molecule has 0 heterocycles. The van der Waals surface area contributed by atoms with Gasteiger partial charge in [0.05, 0.1) is 13.2 Å². The number of aliphatic carboxylic acids is 1. The number of amides is 1. The Balaban J connectivity index is 0. The largest absolute Gasteiger partial charge is 1.00 e. The number of aliphatic hydroxyl groups excluding tert-OH is 2. The molecule has 0 saturated heterocycles. The van der Waals surface area contributed by atoms with Crippen LogP contribution < -0.4 is 34.7 Å². The monoisotopic (exact) mass is 353 g/mol. The van der Waals surface area contributed by atoms with Crippen LogP contribution in [-0.2, 0) is 9.59 Å². The summed E-state index contributed by atoms with van der Waals surface area (Å²) < 4.78 is 0. The summed E-state index contributed by atoms with van der Waals surface area (Å²) in [5.41, 5.74) is 0. The van der Waals surface area contributed by atoms with E-state index in [0.29, 0.717) is 6.42 Å². The van der Waals surface area contributed by atoms with Crippen molar-refractivity contribution in [1.82, 2.24) is 4.90 Å². The van der Waals surface area contributed by atoms with Gasteiger partial charge in [-0.05, 0) is 12.8 Å². The molecule has 6 nitrogen and oxygen atoms in total. The van der Waals surface area contributed by atoms with Crippen LogP contribution in [0.5, 0.6) is 0 Å². The van der Waals surface area contributed by atoms with Gasteiger partial charge in [-0.15, -0.1) is 0 Å². The molecular formula is C17H32NNaO5. The summed E-state index contributed by atoms with van der Waals surface area (Å²) in [5, 5.41) is 28.9. The summed E-state index contributed by atoms with van der Waals surface area (Å²) in [7, 11) is 0. The first-order valence-corrected chi connectivity index (χ1v) is 8.77. The fourth-order valence-corrected chi connectivity index (χ4v) is 2.69. The first-order valence-electron chi connectivity index (χ1n) is 8.77. The summed E-state index contributed by atoms with van der Waals surface area (Å²) in [6.45, 7) is 1.98. The normalized spacial score (nSPS) is 11.6. The van der Waals surface area contributed by atoms with Crippen LogP contribution in [0, 0.1) is 5.92 Å². The van der Waals surface area contributed by atoms with Gasteiger partial charge in [0, 0.05) is 25.0 Å². The molecule has 0 aromatic heterocycles. The molecule has 2 N–H and O–H groups in total. The summed E-state index contributed by atoms with van der Waals surface area (Å²) in [4.78, 5) is 24.6. The van der Waals surface area contributed by atoms with Gasteiger partial charge in [-0.3, -0.25) is 4.79 Å². The van der Waals surface area contributed by atoms with E-state index in [1.165, 1.54) is 30.6 Å². The van der Waals surface area contributed by atoms with Crippen molar-refractivity contribution in [3.05, 3.63) is 0 Å². The Labute approximate surface area is 167 Å². The Bertz CT molecular complexity index is 322. The van der Waals surface area contributed by atoms with Crippen molar-refractivity contribution < 1.29 is 54.5 Å². The maximum absolute atomic E-state index is 12.4. The van der Waals surface area contributed by atoms with Crippen molar-refractivity contribution >= 4 is 11.9 Å². The Kier molecular flexibility index (Phi) is 19.2. The number of hydrogen-bond acceptors (Lipinski definition) is 5. The van der Waals surface area contributed by atoms with E-state index in [2.05, 4.69) is 6.92 Å². The molecule has 0 aromatic carbocycles. The van der Waals surface area contributed by atoms with Crippen LogP contribution in [0.25, 0.3) is 0 Å². The molecule has 0 aliphatic carbocycles. The van der Waals surface area contributed by atoms with Gasteiger partial charge in [0.15, 0.2) is 0 Å². The Morgan fingerprint density at radius 3 is 1.92 bits per heavy atom. The van der Waals surface area contributed by atoms with E-state index >= 15 is 0 Å². The zero-order valence-electron chi connectivity index (χ0n) is 15.3. The number of carboxylic acids is 1. The summed E-state index contributed by atoms with van der Waals surface area (Å²) in [6, 6.07) is 0. The predicted molar refractivity (Wildman–Crippen MR) is 86.5 cm³/mol. The van der Waals surface area contributed by atoms with Crippen molar-refractivity contribution in [3.63, 3.8) is 0 Å². The van der Waals surface area contributed by atoms with Crippen LogP contribution in [0.4, 0.5) is 0 Å². The number of aliphatic hydroxyl groups is 2. The van der Waals surface area contributed by atoms with Crippen LogP contribution in [0.2, 0.25) is 0 Å². The molecule has 0 radical (unpaired) electrons. The van der Waals surface area contributed by atoms with E-state index in [0.717, 1.165) is 19.3 Å². The molecule has 0 spiro atoms. The second kappa shape index (κ2) is 17.7. The molecule has 7 heteroatoms. The topological polar surface area (TPSA) is 101 Å². The molecule has 136 valence electrons. The third-order valence-corrected chi connectivity index (χ3v) is 3.97. The molecule has 0 aliphatic heterocycles. The molecule has 0 rings (SSSR count). The Hall–Kier alpha value is -0.140. The maximum atomic E-state index is 12.4.